The number of alkyl halides is 5. The highest BCUT2D eigenvalue weighted by atomic mass is 31.2. The Kier molecular flexibility index (Phi) is 3.42. The molecule has 0 saturated heterocycles. The van der Waals surface area contributed by atoms with Gasteiger partial charge in [-0.2, -0.15) is 22.0 Å². The Morgan fingerprint density at radius 2 is 1.54 bits per heavy atom. The number of phosphoric ester groups is 1. The molecule has 0 aliphatic rings. The molecule has 13 heavy (non-hydrogen) atoms. The first kappa shape index (κ1) is 12.8. The summed E-state index contributed by atoms with van der Waals surface area (Å²) in [5.41, 5.74) is 0. The number of phosphoric acid groups is 1. The van der Waals surface area contributed by atoms with E-state index in [1.807, 2.05) is 0 Å². The van der Waals surface area contributed by atoms with Gasteiger partial charge >= 0.3 is 12.1 Å². The molecule has 0 aromatic carbocycles. The zero-order valence-electron chi connectivity index (χ0n) is 5.68. The minimum absolute atomic E-state index is 2.53. The summed E-state index contributed by atoms with van der Waals surface area (Å²) in [5, 5.41) is 0. The second kappa shape index (κ2) is 3.49. The van der Waals surface area contributed by atoms with Gasteiger partial charge in [-0.05, 0) is 0 Å². The molecule has 10 heteroatoms. The van der Waals surface area contributed by atoms with E-state index in [0.717, 1.165) is 0 Å². The molecule has 0 aromatic rings. The van der Waals surface area contributed by atoms with Crippen molar-refractivity contribution >= 4 is 7.82 Å². The largest absolute Gasteiger partial charge is 0.790 e. The Morgan fingerprint density at radius 1 is 1.15 bits per heavy atom. The molecule has 0 aliphatic heterocycles. The third kappa shape index (κ3) is 4.51. The van der Waals surface area contributed by atoms with Crippen LogP contribution in [0.1, 0.15) is 0 Å². The Morgan fingerprint density at radius 3 is 1.77 bits per heavy atom. The fraction of sp³-hybridized carbons (Fsp3) is 1.00. The molecule has 0 atom stereocenters. The van der Waals surface area contributed by atoms with Crippen LogP contribution in [0.4, 0.5) is 22.0 Å². The van der Waals surface area contributed by atoms with E-state index in [-0.39, 0.29) is 0 Å². The lowest BCUT2D eigenvalue weighted by Crippen LogP contribution is -2.41. The quantitative estimate of drug-likeness (QED) is 0.504. The standard InChI is InChI=1S/C3H4F5O4P/c4-2(5,3(6,7)8)1-12-13(9,10)11/h1H2,(H2,9,10,11)/p-2. The molecule has 0 bridgehead atoms. The van der Waals surface area contributed by atoms with Crippen molar-refractivity contribution in [1.82, 2.24) is 0 Å². The number of hydrogen-bond acceptors (Lipinski definition) is 4. The van der Waals surface area contributed by atoms with Gasteiger partial charge in [0, 0.05) is 0 Å². The van der Waals surface area contributed by atoms with Gasteiger partial charge in [0.05, 0.1) is 7.82 Å². The highest BCUT2D eigenvalue weighted by molar-refractivity contribution is 7.43. The molecule has 0 aliphatic carbocycles. The van der Waals surface area contributed by atoms with Crippen LogP contribution in [0, 0.1) is 0 Å². The summed E-state index contributed by atoms with van der Waals surface area (Å²) in [6, 6.07) is 0. The molecule has 0 fully saturated rings. The molecule has 0 rings (SSSR count). The van der Waals surface area contributed by atoms with E-state index in [4.69, 9.17) is 0 Å². The molecule has 0 spiro atoms. The van der Waals surface area contributed by atoms with Crippen molar-refractivity contribution < 1.29 is 40.8 Å². The maximum Gasteiger partial charge on any atom is 0.455 e. The average Bonchev–Trinajstić information content (AvgIpc) is 1.79. The lowest BCUT2D eigenvalue weighted by atomic mass is 10.3. The third-order valence-electron chi connectivity index (χ3n) is 0.819. The monoisotopic (exact) mass is 228 g/mol. The van der Waals surface area contributed by atoms with Gasteiger partial charge in [-0.1, -0.05) is 0 Å². The Hall–Kier alpha value is -0.240. The topological polar surface area (TPSA) is 72.4 Å². The lowest BCUT2D eigenvalue weighted by Gasteiger charge is -2.30. The Balaban J connectivity index is 4.29. The van der Waals surface area contributed by atoms with Crippen LogP contribution in [0.2, 0.25) is 0 Å². The number of halogens is 5. The zero-order valence-corrected chi connectivity index (χ0v) is 6.57. The molecule has 0 radical (unpaired) electrons. The summed E-state index contributed by atoms with van der Waals surface area (Å²) in [7, 11) is -5.81. The molecule has 0 N–H and O–H groups in total. The van der Waals surface area contributed by atoms with E-state index >= 15 is 0 Å². The minimum Gasteiger partial charge on any atom is -0.790 e. The maximum absolute atomic E-state index is 11.8. The summed E-state index contributed by atoms with van der Waals surface area (Å²) in [6.07, 6.45) is -5.94. The van der Waals surface area contributed by atoms with Crippen molar-refractivity contribution in [3.8, 4) is 0 Å². The predicted octanol–water partition coefficient (Wildman–Crippen LogP) is 0.0293. The van der Waals surface area contributed by atoms with Gasteiger partial charge in [-0.3, -0.25) is 0 Å². The maximum atomic E-state index is 11.8. The molecular weight excluding hydrogens is 226 g/mol. The van der Waals surface area contributed by atoms with Crippen molar-refractivity contribution in [1.29, 1.82) is 0 Å². The molecule has 0 amide bonds. The van der Waals surface area contributed by atoms with Crippen LogP contribution in [-0.2, 0) is 9.09 Å². The van der Waals surface area contributed by atoms with Gasteiger partial charge < -0.3 is 18.9 Å². The second-order valence-corrected chi connectivity index (χ2v) is 3.08. The van der Waals surface area contributed by atoms with E-state index in [1.165, 1.54) is 0 Å². The van der Waals surface area contributed by atoms with E-state index < -0.39 is 26.5 Å². The van der Waals surface area contributed by atoms with Crippen molar-refractivity contribution in [2.45, 2.75) is 12.1 Å². The summed E-state index contributed by atoms with van der Waals surface area (Å²) in [5.74, 6) is -5.35. The minimum atomic E-state index is -5.94. The zero-order chi connectivity index (χ0) is 10.9. The number of rotatable bonds is 3. The Bertz CT molecular complexity index is 218. The molecule has 0 unspecified atom stereocenters. The van der Waals surface area contributed by atoms with Crippen molar-refractivity contribution in [2.75, 3.05) is 6.61 Å². The summed E-state index contributed by atoms with van der Waals surface area (Å²) in [4.78, 5) is 19.1. The molecule has 0 aromatic heterocycles. The van der Waals surface area contributed by atoms with E-state index in [9.17, 15) is 36.3 Å². The van der Waals surface area contributed by atoms with Gasteiger partial charge in [0.15, 0.2) is 0 Å². The van der Waals surface area contributed by atoms with Gasteiger partial charge in [0.25, 0.3) is 0 Å². The van der Waals surface area contributed by atoms with Gasteiger partial charge in [0.2, 0.25) is 0 Å². The normalized spacial score (nSPS) is 14.7. The number of hydrogen-bond donors (Lipinski definition) is 0. The van der Waals surface area contributed by atoms with E-state index in [2.05, 4.69) is 4.52 Å². The first-order valence-electron chi connectivity index (χ1n) is 2.57. The summed E-state index contributed by atoms with van der Waals surface area (Å²) in [6.45, 7) is -2.53. The van der Waals surface area contributed by atoms with E-state index in [1.54, 1.807) is 0 Å². The van der Waals surface area contributed by atoms with Crippen LogP contribution in [0.25, 0.3) is 0 Å². The Labute approximate surface area is 68.5 Å². The van der Waals surface area contributed by atoms with Crippen LogP contribution in [-0.4, -0.2) is 18.7 Å². The smallest absolute Gasteiger partial charge is 0.455 e. The highest BCUT2D eigenvalue weighted by Crippen LogP contribution is 2.38. The van der Waals surface area contributed by atoms with Crippen LogP contribution < -0.4 is 9.79 Å². The van der Waals surface area contributed by atoms with Crippen LogP contribution in [0.5, 0.6) is 0 Å². The van der Waals surface area contributed by atoms with Gasteiger partial charge in [0.1, 0.15) is 6.61 Å². The fourth-order valence-corrected chi connectivity index (χ4v) is 0.562. The van der Waals surface area contributed by atoms with E-state index in [0.29, 0.717) is 0 Å². The van der Waals surface area contributed by atoms with Gasteiger partial charge in [-0.25, -0.2) is 0 Å². The first-order valence-corrected chi connectivity index (χ1v) is 4.03. The fourth-order valence-electron chi connectivity index (χ4n) is 0.242. The average molecular weight is 228 g/mol. The molecule has 0 heterocycles. The van der Waals surface area contributed by atoms with Crippen LogP contribution in [0.15, 0.2) is 0 Å². The van der Waals surface area contributed by atoms with Crippen molar-refractivity contribution in [2.24, 2.45) is 0 Å². The molecule has 0 saturated carbocycles. The van der Waals surface area contributed by atoms with Crippen molar-refractivity contribution in [3.63, 3.8) is 0 Å². The highest BCUT2D eigenvalue weighted by Gasteiger charge is 2.57. The summed E-state index contributed by atoms with van der Waals surface area (Å²) < 4.78 is 69.8. The van der Waals surface area contributed by atoms with Crippen molar-refractivity contribution in [3.05, 3.63) is 0 Å². The van der Waals surface area contributed by atoms with Crippen LogP contribution >= 0.6 is 7.82 Å². The SMILES string of the molecule is O=P([O-])([O-])OCC(F)(F)C(F)(F)F. The molecule has 4 nitrogen and oxygen atoms in total. The lowest BCUT2D eigenvalue weighted by molar-refractivity contribution is -0.352. The predicted molar refractivity (Wildman–Crippen MR) is 24.6 cm³/mol. The summed E-state index contributed by atoms with van der Waals surface area (Å²) >= 11 is 0. The van der Waals surface area contributed by atoms with Crippen LogP contribution in [0.3, 0.4) is 0 Å². The first-order chi connectivity index (χ1) is 5.46. The molecular formula is C3H2F5O4P-2. The third-order valence-corrected chi connectivity index (χ3v) is 1.26. The van der Waals surface area contributed by atoms with Gasteiger partial charge in [-0.15, -0.1) is 0 Å². The molecule has 80 valence electrons. The second-order valence-electron chi connectivity index (χ2n) is 1.92.